The van der Waals surface area contributed by atoms with Gasteiger partial charge in [-0.3, -0.25) is 24.5 Å². The molecule has 1 fully saturated rings. The number of Topliss-reactive ketones (excluding diaryl/α,β-unsaturated/α-hetero) is 1. The van der Waals surface area contributed by atoms with Gasteiger partial charge in [0.05, 0.1) is 20.3 Å². The fourth-order valence-corrected chi connectivity index (χ4v) is 3.66. The largest absolute Gasteiger partial charge is 0.469 e. The lowest BCUT2D eigenvalue weighted by atomic mass is 9.92. The number of benzene rings is 1. The lowest BCUT2D eigenvalue weighted by Crippen LogP contribution is -2.50. The molecular formula is C23H25N3O8. The van der Waals surface area contributed by atoms with E-state index in [-0.39, 0.29) is 31.8 Å². The predicted octanol–water partition coefficient (Wildman–Crippen LogP) is 2.65. The van der Waals surface area contributed by atoms with Crippen LogP contribution < -0.4 is 9.64 Å². The van der Waals surface area contributed by atoms with Crippen molar-refractivity contribution in [1.82, 2.24) is 4.98 Å². The number of nitrogens with zero attached hydrogens (tertiary/aromatic N) is 3. The SMILES string of the molecule is CCOC(=O)C1CCN(c2cc(Oc3ccc(C(=O)CC(=O)OC)cc3)ccn2)CC1[N+](=O)[O-]. The van der Waals surface area contributed by atoms with Crippen LogP contribution in [-0.2, 0) is 19.1 Å². The van der Waals surface area contributed by atoms with Crippen LogP contribution in [0.1, 0.15) is 30.1 Å². The molecule has 0 N–H and O–H groups in total. The molecule has 11 nitrogen and oxygen atoms in total. The van der Waals surface area contributed by atoms with Crippen molar-refractivity contribution in [3.63, 3.8) is 0 Å². The Labute approximate surface area is 195 Å². The summed E-state index contributed by atoms with van der Waals surface area (Å²) in [5, 5.41) is 11.6. The Kier molecular flexibility index (Phi) is 8.12. The third-order valence-electron chi connectivity index (χ3n) is 5.43. The van der Waals surface area contributed by atoms with E-state index >= 15 is 0 Å². The smallest absolute Gasteiger partial charge is 0.316 e. The molecule has 2 aromatic rings. The number of aromatic nitrogens is 1. The summed E-state index contributed by atoms with van der Waals surface area (Å²) in [6.45, 7) is 2.26. The number of piperidine rings is 1. The number of carbonyl (C=O) groups excluding carboxylic acids is 3. The van der Waals surface area contributed by atoms with Crippen LogP contribution in [0, 0.1) is 16.0 Å². The molecule has 0 spiro atoms. The zero-order chi connectivity index (χ0) is 24.7. The first-order valence-electron chi connectivity index (χ1n) is 10.7. The zero-order valence-corrected chi connectivity index (χ0v) is 18.8. The molecule has 2 heterocycles. The van der Waals surface area contributed by atoms with Crippen molar-refractivity contribution in [2.45, 2.75) is 25.8 Å². The van der Waals surface area contributed by atoms with Crippen LogP contribution in [-0.4, -0.2) is 60.5 Å². The minimum atomic E-state index is -1.10. The number of carbonyl (C=O) groups is 3. The Hall–Kier alpha value is -4.02. The summed E-state index contributed by atoms with van der Waals surface area (Å²) in [5.74, 6) is -0.943. The first kappa shape index (κ1) is 24.6. The third-order valence-corrected chi connectivity index (χ3v) is 5.43. The molecule has 34 heavy (non-hydrogen) atoms. The quantitative estimate of drug-likeness (QED) is 0.176. The zero-order valence-electron chi connectivity index (χ0n) is 18.8. The van der Waals surface area contributed by atoms with Gasteiger partial charge in [0, 0.05) is 29.3 Å². The lowest BCUT2D eigenvalue weighted by molar-refractivity contribution is -0.528. The maximum Gasteiger partial charge on any atom is 0.316 e. The number of esters is 2. The number of ketones is 1. The molecule has 1 aliphatic heterocycles. The van der Waals surface area contributed by atoms with Crippen molar-refractivity contribution < 1.29 is 33.5 Å². The van der Waals surface area contributed by atoms with E-state index in [9.17, 15) is 24.5 Å². The summed E-state index contributed by atoms with van der Waals surface area (Å²) < 4.78 is 15.3. The van der Waals surface area contributed by atoms with Gasteiger partial charge in [-0.25, -0.2) is 4.98 Å². The second-order valence-electron chi connectivity index (χ2n) is 7.60. The molecule has 3 rings (SSSR count). The number of nitro groups is 1. The number of anilines is 1. The Morgan fingerprint density at radius 1 is 1.18 bits per heavy atom. The average Bonchev–Trinajstić information content (AvgIpc) is 2.84. The Balaban J connectivity index is 1.68. The number of methoxy groups -OCH3 is 1. The highest BCUT2D eigenvalue weighted by Gasteiger charge is 2.43. The molecule has 0 radical (unpaired) electrons. The number of rotatable bonds is 9. The van der Waals surface area contributed by atoms with Gasteiger partial charge >= 0.3 is 11.9 Å². The van der Waals surface area contributed by atoms with Crippen LogP contribution >= 0.6 is 0 Å². The van der Waals surface area contributed by atoms with E-state index in [2.05, 4.69) is 9.72 Å². The normalized spacial score (nSPS) is 17.5. The molecule has 1 aliphatic rings. The van der Waals surface area contributed by atoms with Crippen molar-refractivity contribution >= 4 is 23.5 Å². The molecule has 2 atom stereocenters. The van der Waals surface area contributed by atoms with Crippen LogP contribution in [0.15, 0.2) is 42.6 Å². The standard InChI is InChI=1S/C23H25N3O8/c1-3-33-23(29)18-9-11-25(14-19(18)26(30)31)21-12-17(8-10-24-21)34-16-6-4-15(5-7-16)20(27)13-22(28)32-2/h4-8,10,12,18-19H,3,9,11,13-14H2,1-2H3. The summed E-state index contributed by atoms with van der Waals surface area (Å²) >= 11 is 0. The van der Waals surface area contributed by atoms with Crippen LogP contribution in [0.2, 0.25) is 0 Å². The van der Waals surface area contributed by atoms with Gasteiger partial charge < -0.3 is 19.1 Å². The van der Waals surface area contributed by atoms with E-state index in [0.29, 0.717) is 29.4 Å². The molecule has 0 saturated carbocycles. The van der Waals surface area contributed by atoms with Gasteiger partial charge in [-0.1, -0.05) is 0 Å². The molecule has 1 aromatic carbocycles. The molecule has 0 bridgehead atoms. The van der Waals surface area contributed by atoms with E-state index in [1.165, 1.54) is 13.3 Å². The molecule has 0 amide bonds. The van der Waals surface area contributed by atoms with Crippen molar-refractivity contribution in [3.05, 3.63) is 58.3 Å². The van der Waals surface area contributed by atoms with E-state index in [4.69, 9.17) is 9.47 Å². The van der Waals surface area contributed by atoms with Gasteiger partial charge in [-0.2, -0.15) is 0 Å². The second-order valence-corrected chi connectivity index (χ2v) is 7.60. The number of ether oxygens (including phenoxy) is 3. The third kappa shape index (κ3) is 6.06. The Morgan fingerprint density at radius 2 is 1.91 bits per heavy atom. The highest BCUT2D eigenvalue weighted by Crippen LogP contribution is 2.29. The molecule has 0 aliphatic carbocycles. The fourth-order valence-electron chi connectivity index (χ4n) is 3.66. The van der Waals surface area contributed by atoms with Crippen molar-refractivity contribution in [2.75, 3.05) is 31.7 Å². The van der Waals surface area contributed by atoms with Crippen LogP contribution in [0.4, 0.5) is 5.82 Å². The maximum atomic E-state index is 12.1. The van der Waals surface area contributed by atoms with E-state index in [1.54, 1.807) is 48.2 Å². The molecule has 1 aromatic heterocycles. The van der Waals surface area contributed by atoms with Crippen LogP contribution in [0.5, 0.6) is 11.5 Å². The average molecular weight is 471 g/mol. The minimum Gasteiger partial charge on any atom is -0.469 e. The molecule has 11 heteroatoms. The predicted molar refractivity (Wildman–Crippen MR) is 119 cm³/mol. The highest BCUT2D eigenvalue weighted by atomic mass is 16.6. The first-order chi connectivity index (χ1) is 16.3. The lowest BCUT2D eigenvalue weighted by Gasteiger charge is -2.33. The summed E-state index contributed by atoms with van der Waals surface area (Å²) in [7, 11) is 1.22. The van der Waals surface area contributed by atoms with E-state index in [0.717, 1.165) is 0 Å². The number of hydrogen-bond donors (Lipinski definition) is 0. The van der Waals surface area contributed by atoms with Crippen molar-refractivity contribution in [1.29, 1.82) is 0 Å². The maximum absolute atomic E-state index is 12.1. The molecule has 180 valence electrons. The van der Waals surface area contributed by atoms with E-state index < -0.39 is 28.8 Å². The van der Waals surface area contributed by atoms with Gasteiger partial charge in [0.2, 0.25) is 6.04 Å². The summed E-state index contributed by atoms with van der Waals surface area (Å²) in [5.41, 5.74) is 0.350. The second kappa shape index (κ2) is 11.2. The number of hydrogen-bond acceptors (Lipinski definition) is 10. The van der Waals surface area contributed by atoms with Gasteiger partial charge in [0.15, 0.2) is 5.78 Å². The monoisotopic (exact) mass is 471 g/mol. The van der Waals surface area contributed by atoms with Gasteiger partial charge in [0.1, 0.15) is 29.7 Å². The van der Waals surface area contributed by atoms with Gasteiger partial charge in [0.25, 0.3) is 0 Å². The van der Waals surface area contributed by atoms with Gasteiger partial charge in [-0.05, 0) is 43.7 Å². The van der Waals surface area contributed by atoms with Crippen LogP contribution in [0.25, 0.3) is 0 Å². The topological polar surface area (TPSA) is 138 Å². The van der Waals surface area contributed by atoms with Gasteiger partial charge in [-0.15, -0.1) is 0 Å². The van der Waals surface area contributed by atoms with Crippen molar-refractivity contribution in [3.8, 4) is 11.5 Å². The van der Waals surface area contributed by atoms with Crippen molar-refractivity contribution in [2.24, 2.45) is 5.92 Å². The number of pyridine rings is 1. The summed E-state index contributed by atoms with van der Waals surface area (Å²) in [6, 6.07) is 8.47. The Morgan fingerprint density at radius 3 is 2.56 bits per heavy atom. The summed E-state index contributed by atoms with van der Waals surface area (Å²) in [6.07, 6.45) is 1.46. The first-order valence-corrected chi connectivity index (χ1v) is 10.7. The fraction of sp³-hybridized carbons (Fsp3) is 0.391. The van der Waals surface area contributed by atoms with E-state index in [1.807, 2.05) is 0 Å². The minimum absolute atomic E-state index is 0.0178. The molecule has 2 unspecified atom stereocenters. The van der Waals surface area contributed by atoms with Crippen LogP contribution in [0.3, 0.4) is 0 Å². The molecule has 1 saturated heterocycles. The Bertz CT molecular complexity index is 1060. The molecular weight excluding hydrogens is 446 g/mol. The summed E-state index contributed by atoms with van der Waals surface area (Å²) in [4.78, 5) is 52.6. The highest BCUT2D eigenvalue weighted by molar-refractivity contribution is 6.05.